The van der Waals surface area contributed by atoms with E-state index in [2.05, 4.69) is 48.4 Å². The van der Waals surface area contributed by atoms with E-state index in [1.54, 1.807) is 31.6 Å². The smallest absolute Gasteiger partial charge is 0.255 e. The molecule has 38 heavy (non-hydrogen) atoms. The Morgan fingerprint density at radius 1 is 1.13 bits per heavy atom. The lowest BCUT2D eigenvalue weighted by Gasteiger charge is -2.32. The molecule has 2 N–H and O–H groups in total. The SMILES string of the molecule is C#C/C=C(\C=N/C)c1ccnc(Nc2cc(NC(=O)c3ccc(CN4CCN(C)CC4)cc3)ccc2C)n1. The number of terminal acetylenes is 1. The molecule has 1 saturated heterocycles. The van der Waals surface area contributed by atoms with Gasteiger partial charge in [-0.25, -0.2) is 9.97 Å². The quantitative estimate of drug-likeness (QED) is 0.350. The average molecular weight is 508 g/mol. The fourth-order valence-electron chi connectivity index (χ4n) is 4.17. The van der Waals surface area contributed by atoms with Crippen LogP contribution in [-0.4, -0.2) is 72.2 Å². The molecule has 8 nitrogen and oxygen atoms in total. The summed E-state index contributed by atoms with van der Waals surface area (Å²) < 4.78 is 0. The number of carbonyl (C=O) groups excluding carboxylic acids is 1. The Morgan fingerprint density at radius 3 is 2.61 bits per heavy atom. The van der Waals surface area contributed by atoms with Crippen LogP contribution in [-0.2, 0) is 6.54 Å². The van der Waals surface area contributed by atoms with E-state index in [1.165, 1.54) is 5.56 Å². The number of allylic oxidation sites excluding steroid dienone is 2. The largest absolute Gasteiger partial charge is 0.324 e. The summed E-state index contributed by atoms with van der Waals surface area (Å²) in [5, 5.41) is 6.25. The maximum absolute atomic E-state index is 12.9. The van der Waals surface area contributed by atoms with Crippen LogP contribution in [0.5, 0.6) is 0 Å². The summed E-state index contributed by atoms with van der Waals surface area (Å²) in [5.41, 5.74) is 5.64. The summed E-state index contributed by atoms with van der Waals surface area (Å²) in [5.74, 6) is 2.77. The minimum atomic E-state index is -0.160. The van der Waals surface area contributed by atoms with Crippen molar-refractivity contribution >= 4 is 35.0 Å². The Morgan fingerprint density at radius 2 is 1.89 bits per heavy atom. The van der Waals surface area contributed by atoms with Gasteiger partial charge in [-0.2, -0.15) is 0 Å². The number of aliphatic imine (C=N–C) groups is 1. The molecule has 4 rings (SSSR count). The number of nitrogens with zero attached hydrogens (tertiary/aromatic N) is 5. The Bertz CT molecular complexity index is 1360. The summed E-state index contributed by atoms with van der Waals surface area (Å²) >= 11 is 0. The number of hydrogen-bond donors (Lipinski definition) is 2. The first kappa shape index (κ1) is 26.7. The van der Waals surface area contributed by atoms with E-state index in [1.807, 2.05) is 49.4 Å². The highest BCUT2D eigenvalue weighted by Crippen LogP contribution is 2.24. The van der Waals surface area contributed by atoms with E-state index in [0.29, 0.717) is 28.5 Å². The molecule has 1 aromatic heterocycles. The number of nitrogens with one attached hydrogen (secondary N) is 2. The van der Waals surface area contributed by atoms with E-state index in [9.17, 15) is 4.79 Å². The van der Waals surface area contributed by atoms with Crippen molar-refractivity contribution in [3.63, 3.8) is 0 Å². The predicted octanol–water partition coefficient (Wildman–Crippen LogP) is 4.25. The van der Waals surface area contributed by atoms with Gasteiger partial charge in [-0.3, -0.25) is 14.7 Å². The molecule has 0 radical (unpaired) electrons. The van der Waals surface area contributed by atoms with Gasteiger partial charge < -0.3 is 15.5 Å². The Kier molecular flexibility index (Phi) is 8.98. The first-order valence-corrected chi connectivity index (χ1v) is 12.6. The number of aryl methyl sites for hydroxylation is 1. The van der Waals surface area contributed by atoms with E-state index >= 15 is 0 Å². The molecule has 2 aromatic carbocycles. The molecule has 1 fully saturated rings. The van der Waals surface area contributed by atoms with Crippen LogP contribution in [0.15, 0.2) is 65.8 Å². The van der Waals surface area contributed by atoms with Crippen LogP contribution >= 0.6 is 0 Å². The Hall–Kier alpha value is -4.32. The van der Waals surface area contributed by atoms with Crippen molar-refractivity contribution in [2.24, 2.45) is 4.99 Å². The maximum atomic E-state index is 12.9. The third-order valence-electron chi connectivity index (χ3n) is 6.42. The minimum absolute atomic E-state index is 0.160. The molecule has 3 aromatic rings. The average Bonchev–Trinajstić information content (AvgIpc) is 2.92. The lowest BCUT2D eigenvalue weighted by Crippen LogP contribution is -2.43. The predicted molar refractivity (Wildman–Crippen MR) is 155 cm³/mol. The van der Waals surface area contributed by atoms with Crippen LogP contribution < -0.4 is 10.6 Å². The number of aromatic nitrogens is 2. The zero-order chi connectivity index (χ0) is 26.9. The second-order valence-corrected chi connectivity index (χ2v) is 9.30. The highest BCUT2D eigenvalue weighted by Gasteiger charge is 2.14. The Labute approximate surface area is 224 Å². The molecule has 1 aliphatic heterocycles. The number of piperazine rings is 1. The lowest BCUT2D eigenvalue weighted by atomic mass is 10.1. The fraction of sp³-hybridized carbons (Fsp3) is 0.267. The molecule has 0 spiro atoms. The first-order chi connectivity index (χ1) is 18.4. The zero-order valence-corrected chi connectivity index (χ0v) is 22.1. The van der Waals surface area contributed by atoms with Crippen LogP contribution in [0.25, 0.3) is 5.57 Å². The number of rotatable bonds is 8. The highest BCUT2D eigenvalue weighted by atomic mass is 16.1. The second-order valence-electron chi connectivity index (χ2n) is 9.30. The molecule has 1 amide bonds. The van der Waals surface area contributed by atoms with E-state index in [4.69, 9.17) is 6.42 Å². The third kappa shape index (κ3) is 7.13. The zero-order valence-electron chi connectivity index (χ0n) is 22.1. The van der Waals surface area contributed by atoms with Crippen molar-refractivity contribution in [3.8, 4) is 12.3 Å². The number of amides is 1. The standard InChI is InChI=1S/C30H33N7O/c1-5-6-25(20-31-3)27-13-14-32-30(34-27)35-28-19-26(12-7-22(28)2)33-29(38)24-10-8-23(9-11-24)21-37-17-15-36(4)16-18-37/h1,6-14,19-20H,15-18,21H2,2-4H3,(H,33,38)(H,32,34,35)/b25-6+,31-20-. The van der Waals surface area contributed by atoms with Crippen molar-refractivity contribution in [1.29, 1.82) is 0 Å². The number of benzene rings is 2. The molecule has 0 saturated carbocycles. The van der Waals surface area contributed by atoms with E-state index in [0.717, 1.165) is 44.0 Å². The van der Waals surface area contributed by atoms with Crippen molar-refractivity contribution in [1.82, 2.24) is 19.8 Å². The monoisotopic (exact) mass is 507 g/mol. The summed E-state index contributed by atoms with van der Waals surface area (Å²) in [6.07, 6.45) is 10.4. The van der Waals surface area contributed by atoms with Gasteiger partial charge in [0.15, 0.2) is 0 Å². The van der Waals surface area contributed by atoms with Crippen molar-refractivity contribution < 1.29 is 4.79 Å². The molecule has 0 bridgehead atoms. The van der Waals surface area contributed by atoms with E-state index in [-0.39, 0.29) is 5.91 Å². The second kappa shape index (κ2) is 12.8. The molecule has 194 valence electrons. The van der Waals surface area contributed by atoms with Gasteiger partial charge in [-0.05, 0) is 61.5 Å². The topological polar surface area (TPSA) is 85.7 Å². The van der Waals surface area contributed by atoms with Crippen LogP contribution in [0.4, 0.5) is 17.3 Å². The summed E-state index contributed by atoms with van der Waals surface area (Å²) in [4.78, 5) is 30.7. The third-order valence-corrected chi connectivity index (χ3v) is 6.42. The normalized spacial score (nSPS) is 14.8. The van der Waals surface area contributed by atoms with E-state index < -0.39 is 0 Å². The van der Waals surface area contributed by atoms with Gasteiger partial charge in [0.25, 0.3) is 5.91 Å². The van der Waals surface area contributed by atoms with Crippen LogP contribution in [0.3, 0.4) is 0 Å². The van der Waals surface area contributed by atoms with Crippen LogP contribution in [0, 0.1) is 19.3 Å². The van der Waals surface area contributed by atoms with Crippen LogP contribution in [0.1, 0.15) is 27.2 Å². The molecule has 0 aliphatic carbocycles. The van der Waals surface area contributed by atoms with Gasteiger partial charge in [0, 0.05) is 74.7 Å². The molecule has 1 aliphatic rings. The maximum Gasteiger partial charge on any atom is 0.255 e. The van der Waals surface area contributed by atoms with Gasteiger partial charge in [0.2, 0.25) is 5.95 Å². The molecular formula is C30H33N7O. The van der Waals surface area contributed by atoms with Crippen molar-refractivity contribution in [2.75, 3.05) is 50.9 Å². The first-order valence-electron chi connectivity index (χ1n) is 12.6. The summed E-state index contributed by atoms with van der Waals surface area (Å²) in [6.45, 7) is 7.18. The minimum Gasteiger partial charge on any atom is -0.324 e. The number of carbonyl (C=O) groups is 1. The lowest BCUT2D eigenvalue weighted by molar-refractivity contribution is 0.102. The number of likely N-dealkylation sites (N-methyl/N-ethyl adjacent to an activating group) is 1. The summed E-state index contributed by atoms with van der Waals surface area (Å²) in [6, 6.07) is 15.3. The van der Waals surface area contributed by atoms with Gasteiger partial charge in [0.1, 0.15) is 0 Å². The Balaban J connectivity index is 1.42. The molecular weight excluding hydrogens is 474 g/mol. The van der Waals surface area contributed by atoms with Gasteiger partial charge >= 0.3 is 0 Å². The fourth-order valence-corrected chi connectivity index (χ4v) is 4.17. The number of hydrogen-bond acceptors (Lipinski definition) is 7. The van der Waals surface area contributed by atoms with Gasteiger partial charge in [-0.1, -0.05) is 24.1 Å². The molecule has 0 unspecified atom stereocenters. The van der Waals surface area contributed by atoms with Crippen molar-refractivity contribution in [3.05, 3.63) is 83.2 Å². The van der Waals surface area contributed by atoms with Gasteiger partial charge in [0.05, 0.1) is 5.69 Å². The van der Waals surface area contributed by atoms with Gasteiger partial charge in [-0.15, -0.1) is 6.42 Å². The molecule has 2 heterocycles. The molecule has 0 atom stereocenters. The highest BCUT2D eigenvalue weighted by molar-refractivity contribution is 6.09. The van der Waals surface area contributed by atoms with Crippen molar-refractivity contribution in [2.45, 2.75) is 13.5 Å². The van der Waals surface area contributed by atoms with Crippen LogP contribution in [0.2, 0.25) is 0 Å². The number of anilines is 3. The summed E-state index contributed by atoms with van der Waals surface area (Å²) in [7, 11) is 3.83. The molecule has 8 heteroatoms.